The van der Waals surface area contributed by atoms with Crippen molar-refractivity contribution in [2.24, 2.45) is 5.92 Å². The van der Waals surface area contributed by atoms with Crippen LogP contribution in [0.1, 0.15) is 36.0 Å². The Morgan fingerprint density at radius 1 is 1.33 bits per heavy atom. The Hall–Kier alpha value is -2.37. The summed E-state index contributed by atoms with van der Waals surface area (Å²) in [5.74, 6) is 2.43. The average Bonchev–Trinajstić information content (AvgIpc) is 3.07. The first kappa shape index (κ1) is 15.2. The summed E-state index contributed by atoms with van der Waals surface area (Å²) in [6.45, 7) is 3.71. The SMILES string of the molecule is Cc1nc([C@H]2CCCN(C(=O)[C@H]3COc4ccccc4C3)C2)no1. The molecule has 2 atom stereocenters. The van der Waals surface area contributed by atoms with Crippen LogP contribution in [-0.2, 0) is 11.2 Å². The van der Waals surface area contributed by atoms with Gasteiger partial charge in [-0.2, -0.15) is 4.98 Å². The molecule has 1 aromatic carbocycles. The zero-order chi connectivity index (χ0) is 16.5. The summed E-state index contributed by atoms with van der Waals surface area (Å²) in [7, 11) is 0. The molecule has 0 bridgehead atoms. The molecule has 126 valence electrons. The highest BCUT2D eigenvalue weighted by molar-refractivity contribution is 5.80. The lowest BCUT2D eigenvalue weighted by Crippen LogP contribution is -2.45. The van der Waals surface area contributed by atoms with Crippen LogP contribution < -0.4 is 4.74 Å². The Morgan fingerprint density at radius 2 is 2.21 bits per heavy atom. The van der Waals surface area contributed by atoms with Gasteiger partial charge in [-0.05, 0) is 30.9 Å². The highest BCUT2D eigenvalue weighted by Crippen LogP contribution is 2.30. The molecule has 1 amide bonds. The molecule has 0 spiro atoms. The fourth-order valence-corrected chi connectivity index (χ4v) is 3.61. The zero-order valence-electron chi connectivity index (χ0n) is 13.8. The molecule has 6 heteroatoms. The Balaban J connectivity index is 1.45. The summed E-state index contributed by atoms with van der Waals surface area (Å²) in [6, 6.07) is 7.95. The van der Waals surface area contributed by atoms with Crippen molar-refractivity contribution in [3.8, 4) is 5.75 Å². The predicted molar refractivity (Wildman–Crippen MR) is 86.7 cm³/mol. The van der Waals surface area contributed by atoms with E-state index in [4.69, 9.17) is 9.26 Å². The molecule has 0 aliphatic carbocycles. The Bertz CT molecular complexity index is 743. The van der Waals surface area contributed by atoms with Crippen molar-refractivity contribution in [3.05, 3.63) is 41.5 Å². The van der Waals surface area contributed by atoms with Gasteiger partial charge in [0.1, 0.15) is 12.4 Å². The third-order valence-electron chi connectivity index (χ3n) is 4.87. The molecule has 1 fully saturated rings. The van der Waals surface area contributed by atoms with Gasteiger partial charge in [-0.15, -0.1) is 0 Å². The lowest BCUT2D eigenvalue weighted by molar-refractivity contribution is -0.138. The maximum Gasteiger partial charge on any atom is 0.229 e. The van der Waals surface area contributed by atoms with Crippen molar-refractivity contribution in [1.29, 1.82) is 0 Å². The summed E-state index contributed by atoms with van der Waals surface area (Å²) in [5, 5.41) is 4.03. The number of rotatable bonds is 2. The molecule has 4 rings (SSSR count). The number of carbonyl (C=O) groups is 1. The minimum atomic E-state index is -0.106. The van der Waals surface area contributed by atoms with E-state index in [0.717, 1.165) is 42.9 Å². The van der Waals surface area contributed by atoms with Crippen molar-refractivity contribution < 1.29 is 14.1 Å². The quantitative estimate of drug-likeness (QED) is 0.847. The number of hydrogen-bond donors (Lipinski definition) is 0. The number of amides is 1. The second kappa shape index (κ2) is 6.26. The van der Waals surface area contributed by atoms with E-state index < -0.39 is 0 Å². The molecule has 3 heterocycles. The summed E-state index contributed by atoms with van der Waals surface area (Å²) < 4.78 is 10.9. The Labute approximate surface area is 140 Å². The molecule has 2 aromatic rings. The number of fused-ring (bicyclic) bond motifs is 1. The summed E-state index contributed by atoms with van der Waals surface area (Å²) >= 11 is 0. The Kier molecular flexibility index (Phi) is 3.96. The van der Waals surface area contributed by atoms with E-state index in [1.807, 2.05) is 29.2 Å². The number of piperidine rings is 1. The van der Waals surface area contributed by atoms with E-state index in [9.17, 15) is 4.79 Å². The summed E-state index contributed by atoms with van der Waals surface area (Å²) in [6.07, 6.45) is 2.71. The van der Waals surface area contributed by atoms with Gasteiger partial charge in [0.2, 0.25) is 11.8 Å². The van der Waals surface area contributed by atoms with Crippen LogP contribution in [0, 0.1) is 12.8 Å². The molecule has 24 heavy (non-hydrogen) atoms. The van der Waals surface area contributed by atoms with Crippen LogP contribution in [0.5, 0.6) is 5.75 Å². The smallest absolute Gasteiger partial charge is 0.229 e. The second-order valence-electron chi connectivity index (χ2n) is 6.61. The topological polar surface area (TPSA) is 68.5 Å². The summed E-state index contributed by atoms with van der Waals surface area (Å²) in [5.41, 5.74) is 1.12. The van der Waals surface area contributed by atoms with Crippen LogP contribution in [0.15, 0.2) is 28.8 Å². The largest absolute Gasteiger partial charge is 0.492 e. The first-order chi connectivity index (χ1) is 11.7. The third-order valence-corrected chi connectivity index (χ3v) is 4.87. The molecular weight excluding hydrogens is 306 g/mol. The second-order valence-corrected chi connectivity index (χ2v) is 6.61. The first-order valence-electron chi connectivity index (χ1n) is 8.50. The molecule has 0 unspecified atom stereocenters. The van der Waals surface area contributed by atoms with Gasteiger partial charge >= 0.3 is 0 Å². The minimum Gasteiger partial charge on any atom is -0.492 e. The van der Waals surface area contributed by atoms with Gasteiger partial charge in [0.25, 0.3) is 0 Å². The minimum absolute atomic E-state index is 0.106. The number of aromatic nitrogens is 2. The zero-order valence-corrected chi connectivity index (χ0v) is 13.8. The van der Waals surface area contributed by atoms with Gasteiger partial charge in [-0.25, -0.2) is 0 Å². The maximum atomic E-state index is 12.9. The van der Waals surface area contributed by atoms with Crippen LogP contribution in [0.2, 0.25) is 0 Å². The van der Waals surface area contributed by atoms with E-state index in [0.29, 0.717) is 19.0 Å². The average molecular weight is 327 g/mol. The van der Waals surface area contributed by atoms with Gasteiger partial charge in [-0.1, -0.05) is 23.4 Å². The van der Waals surface area contributed by atoms with Gasteiger partial charge in [-0.3, -0.25) is 4.79 Å². The molecule has 2 aliphatic heterocycles. The van der Waals surface area contributed by atoms with Crippen molar-refractivity contribution in [1.82, 2.24) is 15.0 Å². The lowest BCUT2D eigenvalue weighted by atomic mass is 9.92. The lowest BCUT2D eigenvalue weighted by Gasteiger charge is -2.35. The van der Waals surface area contributed by atoms with Crippen LogP contribution in [0.4, 0.5) is 0 Å². The molecule has 2 aliphatic rings. The number of benzene rings is 1. The summed E-state index contributed by atoms with van der Waals surface area (Å²) in [4.78, 5) is 19.2. The number of ether oxygens (including phenoxy) is 1. The van der Waals surface area contributed by atoms with Crippen LogP contribution in [0.3, 0.4) is 0 Å². The van der Waals surface area contributed by atoms with Crippen LogP contribution in [-0.4, -0.2) is 40.6 Å². The van der Waals surface area contributed by atoms with E-state index >= 15 is 0 Å². The molecule has 0 radical (unpaired) electrons. The fourth-order valence-electron chi connectivity index (χ4n) is 3.61. The van der Waals surface area contributed by atoms with Gasteiger partial charge in [0, 0.05) is 25.9 Å². The number of hydrogen-bond acceptors (Lipinski definition) is 5. The molecule has 1 saturated heterocycles. The number of aryl methyl sites for hydroxylation is 1. The van der Waals surface area contributed by atoms with Gasteiger partial charge in [0.05, 0.1) is 5.92 Å². The van der Waals surface area contributed by atoms with E-state index in [1.165, 1.54) is 0 Å². The van der Waals surface area contributed by atoms with Crippen molar-refractivity contribution in [2.45, 2.75) is 32.1 Å². The van der Waals surface area contributed by atoms with Crippen molar-refractivity contribution in [3.63, 3.8) is 0 Å². The monoisotopic (exact) mass is 327 g/mol. The van der Waals surface area contributed by atoms with Gasteiger partial charge < -0.3 is 14.2 Å². The van der Waals surface area contributed by atoms with E-state index in [-0.39, 0.29) is 17.7 Å². The Morgan fingerprint density at radius 3 is 3.04 bits per heavy atom. The highest BCUT2D eigenvalue weighted by Gasteiger charge is 2.33. The maximum absolute atomic E-state index is 12.9. The first-order valence-corrected chi connectivity index (χ1v) is 8.50. The van der Waals surface area contributed by atoms with Crippen LogP contribution in [0.25, 0.3) is 0 Å². The number of carbonyl (C=O) groups excluding carboxylic acids is 1. The molecule has 1 aromatic heterocycles. The van der Waals surface area contributed by atoms with Crippen LogP contribution >= 0.6 is 0 Å². The molecule has 6 nitrogen and oxygen atoms in total. The third kappa shape index (κ3) is 2.88. The number of nitrogens with zero attached hydrogens (tertiary/aromatic N) is 3. The number of likely N-dealkylation sites (tertiary alicyclic amines) is 1. The highest BCUT2D eigenvalue weighted by atomic mass is 16.5. The number of para-hydroxylation sites is 1. The standard InChI is InChI=1S/C18H21N3O3/c1-12-19-17(20-24-12)14-6-4-8-21(10-14)18(22)15-9-13-5-2-3-7-16(13)23-11-15/h2-3,5,7,14-15H,4,6,8-11H2,1H3/t14-,15+/m0/s1. The molecular formula is C18H21N3O3. The van der Waals surface area contributed by atoms with E-state index in [2.05, 4.69) is 10.1 Å². The normalized spacial score (nSPS) is 23.5. The van der Waals surface area contributed by atoms with Crippen molar-refractivity contribution in [2.75, 3.05) is 19.7 Å². The van der Waals surface area contributed by atoms with Gasteiger partial charge in [0.15, 0.2) is 5.82 Å². The predicted octanol–water partition coefficient (Wildman–Crippen LogP) is 2.34. The van der Waals surface area contributed by atoms with Crippen molar-refractivity contribution >= 4 is 5.91 Å². The fraction of sp³-hybridized carbons (Fsp3) is 0.500. The molecule has 0 N–H and O–H groups in total. The molecule has 0 saturated carbocycles. The van der Waals surface area contributed by atoms with E-state index in [1.54, 1.807) is 6.92 Å².